The molecule has 1 N–H and O–H groups in total. The number of benzene rings is 1. The Hall–Kier alpha value is -1.75. The highest BCUT2D eigenvalue weighted by atomic mass is 15.5. The summed E-state index contributed by atoms with van der Waals surface area (Å²) >= 11 is 0. The first-order chi connectivity index (χ1) is 10.3. The highest BCUT2D eigenvalue weighted by Gasteiger charge is 2.20. The predicted molar refractivity (Wildman–Crippen MR) is 82.0 cm³/mol. The summed E-state index contributed by atoms with van der Waals surface area (Å²) in [4.78, 5) is 0. The first-order valence-corrected chi connectivity index (χ1v) is 7.90. The van der Waals surface area contributed by atoms with E-state index in [1.807, 2.05) is 30.3 Å². The quantitative estimate of drug-likeness (QED) is 0.917. The van der Waals surface area contributed by atoms with E-state index in [1.165, 1.54) is 32.1 Å². The number of nitrogens with zero attached hydrogens (tertiary/aromatic N) is 4. The van der Waals surface area contributed by atoms with Crippen molar-refractivity contribution in [2.45, 2.75) is 51.6 Å². The van der Waals surface area contributed by atoms with Gasteiger partial charge in [-0.1, -0.05) is 37.5 Å². The van der Waals surface area contributed by atoms with Crippen molar-refractivity contribution < 1.29 is 0 Å². The van der Waals surface area contributed by atoms with Gasteiger partial charge in [0.2, 0.25) is 0 Å². The first kappa shape index (κ1) is 14.2. The van der Waals surface area contributed by atoms with E-state index in [0.29, 0.717) is 12.6 Å². The molecule has 0 radical (unpaired) electrons. The van der Waals surface area contributed by atoms with Crippen molar-refractivity contribution in [3.63, 3.8) is 0 Å². The van der Waals surface area contributed by atoms with E-state index in [0.717, 1.165) is 17.4 Å². The van der Waals surface area contributed by atoms with Crippen LogP contribution < -0.4 is 5.32 Å². The van der Waals surface area contributed by atoms with Gasteiger partial charge in [0.15, 0.2) is 5.82 Å². The van der Waals surface area contributed by atoms with Gasteiger partial charge in [0.25, 0.3) is 0 Å². The Balaban J connectivity index is 1.62. The molecule has 1 unspecified atom stereocenters. The second-order valence-corrected chi connectivity index (χ2v) is 5.91. The van der Waals surface area contributed by atoms with Gasteiger partial charge in [-0.2, -0.15) is 4.68 Å². The lowest BCUT2D eigenvalue weighted by molar-refractivity contribution is 0.279. The Morgan fingerprint density at radius 3 is 2.71 bits per heavy atom. The Kier molecular flexibility index (Phi) is 4.60. The van der Waals surface area contributed by atoms with E-state index in [9.17, 15) is 0 Å². The number of para-hydroxylation sites is 1. The average molecular weight is 285 g/mol. The number of nitrogens with one attached hydrogen (secondary N) is 1. The van der Waals surface area contributed by atoms with Gasteiger partial charge in [0.05, 0.1) is 12.2 Å². The minimum atomic E-state index is 0.520. The maximum atomic E-state index is 4.15. The zero-order chi connectivity index (χ0) is 14.5. The molecule has 1 heterocycles. The summed E-state index contributed by atoms with van der Waals surface area (Å²) in [5.41, 5.74) is 1.00. The molecule has 1 aromatic heterocycles. The van der Waals surface area contributed by atoms with E-state index in [1.54, 1.807) is 4.68 Å². The van der Waals surface area contributed by atoms with Gasteiger partial charge in [-0.3, -0.25) is 0 Å². The van der Waals surface area contributed by atoms with Crippen LogP contribution in [-0.2, 0) is 6.54 Å². The Morgan fingerprint density at radius 1 is 1.19 bits per heavy atom. The van der Waals surface area contributed by atoms with Gasteiger partial charge >= 0.3 is 0 Å². The minimum absolute atomic E-state index is 0.520. The smallest absolute Gasteiger partial charge is 0.170 e. The second kappa shape index (κ2) is 6.80. The van der Waals surface area contributed by atoms with E-state index >= 15 is 0 Å². The highest BCUT2D eigenvalue weighted by Crippen LogP contribution is 2.26. The van der Waals surface area contributed by atoms with E-state index < -0.39 is 0 Å². The fourth-order valence-electron chi connectivity index (χ4n) is 3.14. The summed E-state index contributed by atoms with van der Waals surface area (Å²) < 4.78 is 1.81. The van der Waals surface area contributed by atoms with Gasteiger partial charge in [-0.15, -0.1) is 5.10 Å². The van der Waals surface area contributed by atoms with Crippen molar-refractivity contribution >= 4 is 0 Å². The van der Waals surface area contributed by atoms with Crippen LogP contribution in [0.3, 0.4) is 0 Å². The van der Waals surface area contributed by atoms with Gasteiger partial charge in [-0.25, -0.2) is 0 Å². The molecule has 0 saturated heterocycles. The average Bonchev–Trinajstić information content (AvgIpc) is 3.03. The molecule has 1 aromatic carbocycles. The summed E-state index contributed by atoms with van der Waals surface area (Å²) in [7, 11) is 0. The molecule has 1 saturated carbocycles. The van der Waals surface area contributed by atoms with Gasteiger partial charge < -0.3 is 5.32 Å². The summed E-state index contributed by atoms with van der Waals surface area (Å²) in [5.74, 6) is 1.66. The second-order valence-electron chi connectivity index (χ2n) is 5.91. The molecule has 0 amide bonds. The normalized spacial score (nSPS) is 17.8. The van der Waals surface area contributed by atoms with Crippen LogP contribution in [0.1, 0.15) is 44.9 Å². The monoisotopic (exact) mass is 285 g/mol. The molecule has 5 heteroatoms. The Labute approximate surface area is 125 Å². The first-order valence-electron chi connectivity index (χ1n) is 7.90. The van der Waals surface area contributed by atoms with E-state index in [4.69, 9.17) is 0 Å². The van der Waals surface area contributed by atoms with Gasteiger partial charge in [-0.05, 0) is 48.2 Å². The number of hydrogen-bond acceptors (Lipinski definition) is 4. The SMILES string of the molecule is CC(NCc1nnnn1-c1ccccc1)C1CCCCC1. The molecule has 0 spiro atoms. The molecule has 1 fully saturated rings. The van der Waals surface area contributed by atoms with Crippen LogP contribution in [0.4, 0.5) is 0 Å². The third-order valence-corrected chi connectivity index (χ3v) is 4.47. The molecule has 3 rings (SSSR count). The van der Waals surface area contributed by atoms with Crippen molar-refractivity contribution in [2.24, 2.45) is 5.92 Å². The lowest BCUT2D eigenvalue weighted by atomic mass is 9.84. The lowest BCUT2D eigenvalue weighted by Crippen LogP contribution is -2.35. The maximum absolute atomic E-state index is 4.15. The van der Waals surface area contributed by atoms with Crippen molar-refractivity contribution in [1.29, 1.82) is 0 Å². The molecular weight excluding hydrogens is 262 g/mol. The van der Waals surface area contributed by atoms with Crippen LogP contribution in [-0.4, -0.2) is 26.2 Å². The van der Waals surface area contributed by atoms with Crippen LogP contribution in [0.25, 0.3) is 5.69 Å². The van der Waals surface area contributed by atoms with E-state index in [2.05, 4.69) is 27.8 Å². The van der Waals surface area contributed by atoms with Crippen LogP contribution in [0.15, 0.2) is 30.3 Å². The zero-order valence-electron chi connectivity index (χ0n) is 12.6. The molecule has 21 heavy (non-hydrogen) atoms. The molecule has 2 aromatic rings. The van der Waals surface area contributed by atoms with Gasteiger partial charge in [0, 0.05) is 6.04 Å². The molecule has 0 aliphatic heterocycles. The lowest BCUT2D eigenvalue weighted by Gasteiger charge is -2.28. The standard InChI is InChI=1S/C16H23N5/c1-13(14-8-4-2-5-9-14)17-12-16-18-19-20-21(16)15-10-6-3-7-11-15/h3,6-7,10-11,13-14,17H,2,4-5,8-9,12H2,1H3. The zero-order valence-corrected chi connectivity index (χ0v) is 12.6. The Bertz CT molecular complexity index is 545. The molecule has 5 nitrogen and oxygen atoms in total. The largest absolute Gasteiger partial charge is 0.307 e. The van der Waals surface area contributed by atoms with E-state index in [-0.39, 0.29) is 0 Å². The van der Waals surface area contributed by atoms with Gasteiger partial charge in [0.1, 0.15) is 0 Å². The number of hydrogen-bond donors (Lipinski definition) is 1. The van der Waals surface area contributed by atoms with Crippen molar-refractivity contribution in [3.8, 4) is 5.69 Å². The third kappa shape index (κ3) is 3.47. The number of tetrazole rings is 1. The molecule has 112 valence electrons. The molecule has 1 aliphatic carbocycles. The van der Waals surface area contributed by atoms with Crippen molar-refractivity contribution in [2.75, 3.05) is 0 Å². The minimum Gasteiger partial charge on any atom is -0.307 e. The summed E-state index contributed by atoms with van der Waals surface area (Å²) in [5, 5.41) is 15.7. The van der Waals surface area contributed by atoms with Crippen molar-refractivity contribution in [3.05, 3.63) is 36.2 Å². The summed E-state index contributed by atoms with van der Waals surface area (Å²) in [6, 6.07) is 10.6. The fourth-order valence-corrected chi connectivity index (χ4v) is 3.14. The summed E-state index contributed by atoms with van der Waals surface area (Å²) in [6.07, 6.45) is 6.84. The number of rotatable bonds is 5. The molecular formula is C16H23N5. The third-order valence-electron chi connectivity index (χ3n) is 4.47. The predicted octanol–water partition coefficient (Wildman–Crippen LogP) is 2.72. The molecule has 1 atom stereocenters. The van der Waals surface area contributed by atoms with Crippen LogP contribution >= 0.6 is 0 Å². The van der Waals surface area contributed by atoms with Crippen LogP contribution in [0, 0.1) is 5.92 Å². The van der Waals surface area contributed by atoms with Crippen LogP contribution in [0.2, 0.25) is 0 Å². The summed E-state index contributed by atoms with van der Waals surface area (Å²) in [6.45, 7) is 2.99. The number of aromatic nitrogens is 4. The van der Waals surface area contributed by atoms with Crippen LogP contribution in [0.5, 0.6) is 0 Å². The fraction of sp³-hybridized carbons (Fsp3) is 0.562. The van der Waals surface area contributed by atoms with Crippen molar-refractivity contribution in [1.82, 2.24) is 25.5 Å². The Morgan fingerprint density at radius 2 is 1.95 bits per heavy atom. The maximum Gasteiger partial charge on any atom is 0.170 e. The topological polar surface area (TPSA) is 55.6 Å². The highest BCUT2D eigenvalue weighted by molar-refractivity contribution is 5.30. The molecule has 0 bridgehead atoms. The molecule has 1 aliphatic rings.